The van der Waals surface area contributed by atoms with Crippen molar-refractivity contribution in [2.24, 2.45) is 0 Å². The van der Waals surface area contributed by atoms with Crippen LogP contribution in [0.15, 0.2) is 53.4 Å². The number of aryl methyl sites for hydroxylation is 2. The van der Waals surface area contributed by atoms with E-state index in [4.69, 9.17) is 4.55 Å². The molecule has 2 atom stereocenters. The summed E-state index contributed by atoms with van der Waals surface area (Å²) in [5.41, 5.74) is 3.42. The van der Waals surface area contributed by atoms with E-state index in [1.54, 1.807) is 12.1 Å². The van der Waals surface area contributed by atoms with Gasteiger partial charge < -0.3 is 10.4 Å². The Morgan fingerprint density at radius 2 is 1.48 bits per heavy atom. The quantitative estimate of drug-likeness (QED) is 0.714. The van der Waals surface area contributed by atoms with Crippen LogP contribution < -0.4 is 5.32 Å². The third-order valence-corrected chi connectivity index (χ3v) is 5.05. The molecule has 0 bridgehead atoms. The standard InChI is InChI=1S/C12H17NO.C7H8O3S/c1-9-4-6-10(7-5-9)12-11(14)3-2-8-13-12;1-6-2-4-7(5-3-6)11(8,9)10/h4-7,11-14H,2-3,8H2,1H3;2-5H,1H3,(H,8,9,10)/t11-,12-;/m1./s1. The largest absolute Gasteiger partial charge is 0.391 e. The Bertz CT molecular complexity index is 770. The highest BCUT2D eigenvalue weighted by atomic mass is 32.2. The molecule has 3 rings (SSSR count). The maximum Gasteiger partial charge on any atom is 0.294 e. The van der Waals surface area contributed by atoms with Crippen molar-refractivity contribution in [1.29, 1.82) is 0 Å². The Kier molecular flexibility index (Phi) is 6.72. The van der Waals surface area contributed by atoms with Gasteiger partial charge in [0.1, 0.15) is 0 Å². The average molecular weight is 363 g/mol. The van der Waals surface area contributed by atoms with Gasteiger partial charge in [0.05, 0.1) is 17.0 Å². The van der Waals surface area contributed by atoms with Gasteiger partial charge in [-0.1, -0.05) is 47.5 Å². The van der Waals surface area contributed by atoms with Gasteiger partial charge >= 0.3 is 0 Å². The van der Waals surface area contributed by atoms with Crippen LogP contribution in [0.3, 0.4) is 0 Å². The maximum atomic E-state index is 10.5. The summed E-state index contributed by atoms with van der Waals surface area (Å²) in [6, 6.07) is 14.5. The topological polar surface area (TPSA) is 86.6 Å². The summed E-state index contributed by atoms with van der Waals surface area (Å²) >= 11 is 0. The molecule has 0 unspecified atom stereocenters. The minimum Gasteiger partial charge on any atom is -0.391 e. The van der Waals surface area contributed by atoms with E-state index in [-0.39, 0.29) is 17.0 Å². The molecule has 1 aliphatic rings. The molecule has 1 saturated heterocycles. The number of benzene rings is 2. The molecule has 5 nitrogen and oxygen atoms in total. The number of piperidine rings is 1. The number of aliphatic hydroxyl groups is 1. The summed E-state index contributed by atoms with van der Waals surface area (Å²) in [6.45, 7) is 4.93. The Hall–Kier alpha value is -1.73. The lowest BCUT2D eigenvalue weighted by molar-refractivity contribution is 0.0965. The van der Waals surface area contributed by atoms with Crippen LogP contribution in [-0.4, -0.2) is 30.7 Å². The molecular formula is C19H25NO4S. The third kappa shape index (κ3) is 5.93. The SMILES string of the molecule is Cc1ccc(S(=O)(=O)O)cc1.Cc1ccc([C@H]2NCCC[C@H]2O)cc1. The molecule has 1 heterocycles. The highest BCUT2D eigenvalue weighted by molar-refractivity contribution is 7.85. The van der Waals surface area contributed by atoms with Crippen LogP contribution >= 0.6 is 0 Å². The summed E-state index contributed by atoms with van der Waals surface area (Å²) in [7, 11) is -4.02. The van der Waals surface area contributed by atoms with Crippen LogP contribution in [0.4, 0.5) is 0 Å². The van der Waals surface area contributed by atoms with E-state index in [1.807, 2.05) is 6.92 Å². The molecule has 136 valence electrons. The minimum absolute atomic E-state index is 0.0666. The molecule has 2 aromatic carbocycles. The number of rotatable bonds is 2. The van der Waals surface area contributed by atoms with Gasteiger partial charge in [-0.25, -0.2) is 0 Å². The average Bonchev–Trinajstić information content (AvgIpc) is 2.56. The summed E-state index contributed by atoms with van der Waals surface area (Å²) in [5, 5.41) is 13.2. The molecule has 2 aromatic rings. The molecular weight excluding hydrogens is 338 g/mol. The van der Waals surface area contributed by atoms with Gasteiger partial charge in [-0.15, -0.1) is 0 Å². The lowest BCUT2D eigenvalue weighted by Gasteiger charge is -2.29. The first-order valence-corrected chi connectivity index (χ1v) is 9.73. The Labute approximate surface area is 149 Å². The summed E-state index contributed by atoms with van der Waals surface area (Å²) in [6.07, 6.45) is 1.75. The second kappa shape index (κ2) is 8.58. The first kappa shape index (κ1) is 19.6. The number of aliphatic hydroxyl groups excluding tert-OH is 1. The molecule has 1 aliphatic heterocycles. The summed E-state index contributed by atoms with van der Waals surface area (Å²) in [4.78, 5) is -0.0666. The van der Waals surface area contributed by atoms with Crippen LogP contribution in [0.25, 0.3) is 0 Å². The van der Waals surface area contributed by atoms with E-state index in [2.05, 4.69) is 36.5 Å². The zero-order chi connectivity index (χ0) is 18.4. The van der Waals surface area contributed by atoms with Gasteiger partial charge in [-0.05, 0) is 50.9 Å². The highest BCUT2D eigenvalue weighted by Crippen LogP contribution is 2.23. The van der Waals surface area contributed by atoms with E-state index < -0.39 is 10.1 Å². The fourth-order valence-electron chi connectivity index (χ4n) is 2.70. The Morgan fingerprint density at radius 1 is 0.960 bits per heavy atom. The molecule has 0 radical (unpaired) electrons. The lowest BCUT2D eigenvalue weighted by atomic mass is 9.94. The van der Waals surface area contributed by atoms with Gasteiger partial charge in [-0.2, -0.15) is 8.42 Å². The van der Waals surface area contributed by atoms with Crippen molar-refractivity contribution in [3.8, 4) is 0 Å². The molecule has 0 aliphatic carbocycles. The molecule has 25 heavy (non-hydrogen) atoms. The number of nitrogens with one attached hydrogen (secondary N) is 1. The van der Waals surface area contributed by atoms with Crippen molar-refractivity contribution < 1.29 is 18.1 Å². The fourth-order valence-corrected chi connectivity index (χ4v) is 3.18. The molecule has 3 N–H and O–H groups in total. The Morgan fingerprint density at radius 3 is 1.96 bits per heavy atom. The minimum atomic E-state index is -4.02. The molecule has 1 fully saturated rings. The van der Waals surface area contributed by atoms with Crippen LogP contribution in [-0.2, 0) is 10.1 Å². The summed E-state index contributed by atoms with van der Waals surface area (Å²) in [5.74, 6) is 0. The van der Waals surface area contributed by atoms with Crippen LogP contribution in [0.2, 0.25) is 0 Å². The van der Waals surface area contributed by atoms with Crippen molar-refractivity contribution in [3.05, 3.63) is 65.2 Å². The predicted molar refractivity (Wildman–Crippen MR) is 98.2 cm³/mol. The highest BCUT2D eigenvalue weighted by Gasteiger charge is 2.23. The smallest absolute Gasteiger partial charge is 0.294 e. The van der Waals surface area contributed by atoms with Crippen LogP contribution in [0, 0.1) is 13.8 Å². The molecule has 0 amide bonds. The van der Waals surface area contributed by atoms with Crippen LogP contribution in [0.1, 0.15) is 35.6 Å². The van der Waals surface area contributed by atoms with E-state index in [0.717, 1.165) is 24.9 Å². The third-order valence-electron chi connectivity index (χ3n) is 4.18. The van der Waals surface area contributed by atoms with Gasteiger partial charge in [0.25, 0.3) is 10.1 Å². The lowest BCUT2D eigenvalue weighted by Crippen LogP contribution is -2.37. The first-order chi connectivity index (χ1) is 11.8. The van der Waals surface area contributed by atoms with Gasteiger partial charge in [0.15, 0.2) is 0 Å². The predicted octanol–water partition coefficient (Wildman–Crippen LogP) is 3.02. The van der Waals surface area contributed by atoms with E-state index in [9.17, 15) is 13.5 Å². The summed E-state index contributed by atoms with van der Waals surface area (Å²) < 4.78 is 29.6. The molecule has 0 spiro atoms. The van der Waals surface area contributed by atoms with Crippen LogP contribution in [0.5, 0.6) is 0 Å². The molecule has 0 aromatic heterocycles. The zero-order valence-electron chi connectivity index (χ0n) is 14.5. The zero-order valence-corrected chi connectivity index (χ0v) is 15.3. The van der Waals surface area contributed by atoms with Gasteiger partial charge in [0, 0.05) is 0 Å². The van der Waals surface area contributed by atoms with Gasteiger partial charge in [0.2, 0.25) is 0 Å². The normalized spacial score (nSPS) is 20.5. The fraction of sp³-hybridized carbons (Fsp3) is 0.368. The van der Waals surface area contributed by atoms with Crippen molar-refractivity contribution >= 4 is 10.1 Å². The van der Waals surface area contributed by atoms with E-state index in [0.29, 0.717) is 0 Å². The van der Waals surface area contributed by atoms with E-state index in [1.165, 1.54) is 23.3 Å². The monoisotopic (exact) mass is 363 g/mol. The van der Waals surface area contributed by atoms with Crippen molar-refractivity contribution in [3.63, 3.8) is 0 Å². The number of hydrogen-bond donors (Lipinski definition) is 3. The molecule has 0 saturated carbocycles. The van der Waals surface area contributed by atoms with Crippen molar-refractivity contribution in [2.75, 3.05) is 6.54 Å². The van der Waals surface area contributed by atoms with Crippen molar-refractivity contribution in [2.45, 2.75) is 43.7 Å². The second-order valence-corrected chi connectivity index (χ2v) is 7.76. The van der Waals surface area contributed by atoms with Crippen molar-refractivity contribution in [1.82, 2.24) is 5.32 Å². The first-order valence-electron chi connectivity index (χ1n) is 8.29. The van der Waals surface area contributed by atoms with Gasteiger partial charge in [-0.3, -0.25) is 4.55 Å². The van der Waals surface area contributed by atoms with E-state index >= 15 is 0 Å². The maximum absolute atomic E-state index is 10.5. The number of hydrogen-bond acceptors (Lipinski definition) is 4. The Balaban J connectivity index is 0.000000186. The second-order valence-electron chi connectivity index (χ2n) is 6.34. The molecule has 6 heteroatoms.